The van der Waals surface area contributed by atoms with Crippen molar-refractivity contribution in [3.8, 4) is 0 Å². The van der Waals surface area contributed by atoms with Gasteiger partial charge in [0, 0.05) is 12.8 Å². The first-order valence-corrected chi connectivity index (χ1v) is 10.1. The number of ether oxygens (including phenoxy) is 1. The summed E-state index contributed by atoms with van der Waals surface area (Å²) in [5, 5.41) is 15.8. The molecule has 1 aromatic heterocycles. The van der Waals surface area contributed by atoms with E-state index in [0.717, 1.165) is 41.9 Å². The number of urea groups is 1. The van der Waals surface area contributed by atoms with Crippen molar-refractivity contribution in [2.45, 2.75) is 45.3 Å². The van der Waals surface area contributed by atoms with E-state index in [9.17, 15) is 4.79 Å². The van der Waals surface area contributed by atoms with Crippen molar-refractivity contribution in [1.29, 1.82) is 5.41 Å². The number of benzene rings is 1. The highest BCUT2D eigenvalue weighted by molar-refractivity contribution is 5.91. The molecule has 7 heteroatoms. The summed E-state index contributed by atoms with van der Waals surface area (Å²) in [5.74, 6) is 0.454. The Morgan fingerprint density at radius 3 is 2.79 bits per heavy atom. The van der Waals surface area contributed by atoms with Gasteiger partial charge in [-0.1, -0.05) is 30.3 Å². The van der Waals surface area contributed by atoms with Gasteiger partial charge in [-0.2, -0.15) is 0 Å². The molecular formula is C22H30N5O2+. The van der Waals surface area contributed by atoms with Gasteiger partial charge in [0.25, 0.3) is 0 Å². The van der Waals surface area contributed by atoms with Gasteiger partial charge in [-0.25, -0.2) is 9.78 Å². The second-order valence-corrected chi connectivity index (χ2v) is 7.71. The fourth-order valence-electron chi connectivity index (χ4n) is 3.69. The van der Waals surface area contributed by atoms with E-state index in [2.05, 4.69) is 27.9 Å². The summed E-state index contributed by atoms with van der Waals surface area (Å²) in [5.41, 5.74) is 2.99. The molecule has 1 atom stereocenters. The molecule has 2 heterocycles. The number of nitrogens with zero attached hydrogens (tertiary/aromatic N) is 1. The molecular weight excluding hydrogens is 366 g/mol. The van der Waals surface area contributed by atoms with Crippen LogP contribution < -0.4 is 16.0 Å². The highest BCUT2D eigenvalue weighted by atomic mass is 16.5. The zero-order valence-electron chi connectivity index (χ0n) is 17.3. The number of quaternary nitrogens is 1. The van der Waals surface area contributed by atoms with Crippen LogP contribution in [0.15, 0.2) is 36.4 Å². The lowest BCUT2D eigenvalue weighted by atomic mass is 9.91. The van der Waals surface area contributed by atoms with Gasteiger partial charge in [0.05, 0.1) is 23.8 Å². The van der Waals surface area contributed by atoms with E-state index < -0.39 is 5.60 Å². The van der Waals surface area contributed by atoms with Crippen LogP contribution in [0, 0.1) is 5.41 Å². The fraction of sp³-hybridized carbons (Fsp3) is 0.409. The summed E-state index contributed by atoms with van der Waals surface area (Å²) in [6, 6.07) is 10.9. The molecule has 5 N–H and O–H groups in total. The van der Waals surface area contributed by atoms with E-state index in [-0.39, 0.29) is 12.1 Å². The largest absolute Gasteiger partial charge is 0.373 e. The standard InChI is InChI=1S/C22H29N5O2/c1-4-24-19-16(14-23)13-18-25-17(19)11-8-12-29-22(2,3)20(27-21(28)26-18)15-9-6-5-7-10-15/h5-7,9-10,13-14,20,23-24H,4,8,11-12H2,1-3H3,(H2,25,26,27,28)/p+1/t20-/m0/s1. The van der Waals surface area contributed by atoms with E-state index in [1.165, 1.54) is 6.21 Å². The number of aryl methyl sites for hydroxylation is 1. The highest BCUT2D eigenvalue weighted by Crippen LogP contribution is 2.30. The van der Waals surface area contributed by atoms with Gasteiger partial charge in [-0.3, -0.25) is 5.32 Å². The SMILES string of the molecule is CC[NH2+]c1c(C=N)cc2nc1CCCOC(C)(C)[C@H](c1ccccc1)NC(=O)N2. The smallest absolute Gasteiger partial charge is 0.320 e. The minimum atomic E-state index is -0.586. The predicted octanol–water partition coefficient (Wildman–Crippen LogP) is 2.90. The number of pyridine rings is 1. The van der Waals surface area contributed by atoms with Gasteiger partial charge in [-0.05, 0) is 45.2 Å². The number of nitrogens with two attached hydrogens (primary N) is 1. The molecule has 1 aromatic carbocycles. The van der Waals surface area contributed by atoms with Crippen molar-refractivity contribution in [2.24, 2.45) is 0 Å². The Bertz CT molecular complexity index is 867. The van der Waals surface area contributed by atoms with Crippen molar-refractivity contribution >= 4 is 23.8 Å². The molecule has 29 heavy (non-hydrogen) atoms. The van der Waals surface area contributed by atoms with Crippen LogP contribution >= 0.6 is 0 Å². The van der Waals surface area contributed by atoms with Gasteiger partial charge in [0.1, 0.15) is 11.5 Å². The lowest BCUT2D eigenvalue weighted by Crippen LogP contribution is -2.78. The van der Waals surface area contributed by atoms with Gasteiger partial charge < -0.3 is 20.8 Å². The van der Waals surface area contributed by atoms with E-state index in [4.69, 9.17) is 10.1 Å². The third-order valence-corrected chi connectivity index (χ3v) is 5.11. The van der Waals surface area contributed by atoms with Gasteiger partial charge in [-0.15, -0.1) is 0 Å². The number of aromatic nitrogens is 1. The number of carbonyl (C=O) groups excluding carboxylic acids is 1. The van der Waals surface area contributed by atoms with Crippen LogP contribution in [-0.4, -0.2) is 36.0 Å². The molecule has 0 fully saturated rings. The molecule has 3 rings (SSSR count). The van der Waals surface area contributed by atoms with Gasteiger partial charge in [0.15, 0.2) is 5.69 Å². The predicted molar refractivity (Wildman–Crippen MR) is 114 cm³/mol. The molecule has 154 valence electrons. The molecule has 0 saturated heterocycles. The topological polar surface area (TPSA) is 104 Å². The zero-order valence-corrected chi connectivity index (χ0v) is 17.3. The molecule has 2 aromatic rings. The molecule has 1 aliphatic rings. The monoisotopic (exact) mass is 396 g/mol. The summed E-state index contributed by atoms with van der Waals surface area (Å²) in [7, 11) is 0. The highest BCUT2D eigenvalue weighted by Gasteiger charge is 2.33. The van der Waals surface area contributed by atoms with Crippen molar-refractivity contribution in [3.05, 3.63) is 53.2 Å². The number of hydrogen-bond donors (Lipinski definition) is 4. The normalized spacial score (nSPS) is 19.3. The first kappa shape index (κ1) is 21.0. The average molecular weight is 397 g/mol. The first-order chi connectivity index (χ1) is 13.9. The van der Waals surface area contributed by atoms with Crippen LogP contribution in [0.5, 0.6) is 0 Å². The molecule has 7 nitrogen and oxygen atoms in total. The molecule has 0 spiro atoms. The summed E-state index contributed by atoms with van der Waals surface area (Å²) < 4.78 is 6.22. The summed E-state index contributed by atoms with van der Waals surface area (Å²) in [6.07, 6.45) is 2.83. The molecule has 2 amide bonds. The first-order valence-electron chi connectivity index (χ1n) is 10.1. The minimum Gasteiger partial charge on any atom is -0.373 e. The maximum atomic E-state index is 12.8. The van der Waals surface area contributed by atoms with Crippen LogP contribution in [0.3, 0.4) is 0 Å². The Labute approximate surface area is 171 Å². The molecule has 2 bridgehead atoms. The second kappa shape index (κ2) is 9.15. The van der Waals surface area contributed by atoms with Crippen LogP contribution in [-0.2, 0) is 11.2 Å². The Balaban J connectivity index is 1.97. The Morgan fingerprint density at radius 2 is 2.10 bits per heavy atom. The third-order valence-electron chi connectivity index (χ3n) is 5.11. The van der Waals surface area contributed by atoms with Crippen LogP contribution in [0.1, 0.15) is 50.1 Å². The second-order valence-electron chi connectivity index (χ2n) is 7.71. The summed E-state index contributed by atoms with van der Waals surface area (Å²) >= 11 is 0. The van der Waals surface area contributed by atoms with E-state index in [1.54, 1.807) is 6.07 Å². The Kier molecular flexibility index (Phi) is 6.61. The summed E-state index contributed by atoms with van der Waals surface area (Å²) in [6.45, 7) is 7.46. The van der Waals surface area contributed by atoms with Crippen molar-refractivity contribution in [3.63, 3.8) is 0 Å². The maximum absolute atomic E-state index is 12.8. The van der Waals surface area contributed by atoms with E-state index >= 15 is 0 Å². The summed E-state index contributed by atoms with van der Waals surface area (Å²) in [4.78, 5) is 17.5. The lowest BCUT2D eigenvalue weighted by Gasteiger charge is -2.35. The zero-order chi connectivity index (χ0) is 20.9. The quantitative estimate of drug-likeness (QED) is 0.597. The molecule has 0 saturated carbocycles. The lowest BCUT2D eigenvalue weighted by molar-refractivity contribution is -0.568. The van der Waals surface area contributed by atoms with Crippen LogP contribution in [0.25, 0.3) is 0 Å². The van der Waals surface area contributed by atoms with Gasteiger partial charge in [0.2, 0.25) is 0 Å². The number of anilines is 1. The van der Waals surface area contributed by atoms with Crippen LogP contribution in [0.2, 0.25) is 0 Å². The van der Waals surface area contributed by atoms with E-state index in [1.807, 2.05) is 44.2 Å². The number of fused-ring (bicyclic) bond motifs is 2. The van der Waals surface area contributed by atoms with Gasteiger partial charge >= 0.3 is 6.03 Å². The average Bonchev–Trinajstić information content (AvgIpc) is 2.70. The maximum Gasteiger partial charge on any atom is 0.320 e. The van der Waals surface area contributed by atoms with Crippen molar-refractivity contribution in [1.82, 2.24) is 10.3 Å². The number of carbonyl (C=O) groups is 1. The number of hydrogen-bond acceptors (Lipinski definition) is 4. The Hall–Kier alpha value is -2.77. The molecule has 0 radical (unpaired) electrons. The van der Waals surface area contributed by atoms with Crippen molar-refractivity contribution < 1.29 is 14.8 Å². The number of amides is 2. The third kappa shape index (κ3) is 4.99. The minimum absolute atomic E-state index is 0.322. The van der Waals surface area contributed by atoms with E-state index in [0.29, 0.717) is 12.4 Å². The van der Waals surface area contributed by atoms with Crippen molar-refractivity contribution in [2.75, 3.05) is 18.5 Å². The number of nitrogens with one attached hydrogen (secondary N) is 3. The molecule has 0 unspecified atom stereocenters. The Morgan fingerprint density at radius 1 is 1.34 bits per heavy atom. The molecule has 0 aliphatic carbocycles. The van der Waals surface area contributed by atoms with Crippen LogP contribution in [0.4, 0.5) is 16.3 Å². The fourth-order valence-corrected chi connectivity index (χ4v) is 3.69. The molecule has 1 aliphatic heterocycles. The number of rotatable bonds is 4.